The number of nitrogens with zero attached hydrogens (tertiary/aromatic N) is 1. The van der Waals surface area contributed by atoms with E-state index in [0.717, 1.165) is 25.9 Å². The van der Waals surface area contributed by atoms with E-state index in [1.165, 1.54) is 6.92 Å². The minimum Gasteiger partial charge on any atom is -0.349 e. The number of benzene rings is 1. The number of hydrogen-bond donors (Lipinski definition) is 2. The number of carbonyl (C=O) groups excluding carboxylic acids is 2. The zero-order chi connectivity index (χ0) is 14.5. The maximum Gasteiger partial charge on any atom is 0.251 e. The molecule has 1 aromatic carbocycles. The van der Waals surface area contributed by atoms with Gasteiger partial charge in [0.25, 0.3) is 5.91 Å². The van der Waals surface area contributed by atoms with Gasteiger partial charge in [-0.25, -0.2) is 0 Å². The molecule has 1 aliphatic heterocycles. The van der Waals surface area contributed by atoms with Crippen LogP contribution in [-0.2, 0) is 4.79 Å². The van der Waals surface area contributed by atoms with E-state index < -0.39 is 0 Å². The molecule has 108 valence electrons. The number of nitrogens with one attached hydrogen (secondary N) is 2. The molecule has 5 heteroatoms. The molecule has 0 radical (unpaired) electrons. The highest BCUT2D eigenvalue weighted by Gasteiger charge is 2.19. The topological polar surface area (TPSA) is 61.4 Å². The minimum absolute atomic E-state index is 0.0771. The van der Waals surface area contributed by atoms with Crippen LogP contribution in [-0.4, -0.2) is 42.9 Å². The van der Waals surface area contributed by atoms with E-state index in [9.17, 15) is 9.59 Å². The summed E-state index contributed by atoms with van der Waals surface area (Å²) in [7, 11) is 2.09. The molecule has 2 rings (SSSR count). The number of rotatable bonds is 3. The fraction of sp³-hybridized carbons (Fsp3) is 0.467. The largest absolute Gasteiger partial charge is 0.349 e. The zero-order valence-corrected chi connectivity index (χ0v) is 12.0. The van der Waals surface area contributed by atoms with Crippen LogP contribution in [0.1, 0.15) is 30.1 Å². The first-order valence-electron chi connectivity index (χ1n) is 6.91. The van der Waals surface area contributed by atoms with Gasteiger partial charge in [0.15, 0.2) is 0 Å². The molecule has 1 fully saturated rings. The maximum atomic E-state index is 12.2. The lowest BCUT2D eigenvalue weighted by Gasteiger charge is -2.29. The SMILES string of the molecule is CC(=O)Nc1cccc(C(=O)NC2CCN(C)CC2)c1. The van der Waals surface area contributed by atoms with Crippen LogP contribution in [0, 0.1) is 0 Å². The van der Waals surface area contributed by atoms with E-state index in [2.05, 4.69) is 22.6 Å². The Morgan fingerprint density at radius 1 is 1.25 bits per heavy atom. The van der Waals surface area contributed by atoms with Crippen molar-refractivity contribution < 1.29 is 9.59 Å². The molecule has 1 heterocycles. The molecule has 0 bridgehead atoms. The third-order valence-corrected chi connectivity index (χ3v) is 3.50. The van der Waals surface area contributed by atoms with Gasteiger partial charge in [-0.1, -0.05) is 6.07 Å². The number of anilines is 1. The van der Waals surface area contributed by atoms with Gasteiger partial charge >= 0.3 is 0 Å². The van der Waals surface area contributed by atoms with E-state index in [1.54, 1.807) is 24.3 Å². The Kier molecular flexibility index (Phi) is 4.74. The summed E-state index contributed by atoms with van der Waals surface area (Å²) >= 11 is 0. The molecule has 1 aromatic rings. The molecule has 1 saturated heterocycles. The normalized spacial score (nSPS) is 16.7. The summed E-state index contributed by atoms with van der Waals surface area (Å²) in [4.78, 5) is 25.5. The number of hydrogen-bond acceptors (Lipinski definition) is 3. The van der Waals surface area contributed by atoms with Crippen molar-refractivity contribution >= 4 is 17.5 Å². The molecule has 1 aliphatic rings. The third kappa shape index (κ3) is 4.06. The second-order valence-electron chi connectivity index (χ2n) is 5.31. The van der Waals surface area contributed by atoms with E-state index in [1.807, 2.05) is 0 Å². The molecule has 20 heavy (non-hydrogen) atoms. The summed E-state index contributed by atoms with van der Waals surface area (Å²) in [5.74, 6) is -0.218. The van der Waals surface area contributed by atoms with Crippen molar-refractivity contribution in [2.24, 2.45) is 0 Å². The summed E-state index contributed by atoms with van der Waals surface area (Å²) in [5, 5.41) is 5.74. The quantitative estimate of drug-likeness (QED) is 0.878. The van der Waals surface area contributed by atoms with Gasteiger partial charge in [-0.3, -0.25) is 9.59 Å². The molecule has 2 N–H and O–H groups in total. The van der Waals surface area contributed by atoms with E-state index >= 15 is 0 Å². The predicted molar refractivity (Wildman–Crippen MR) is 78.7 cm³/mol. The average Bonchev–Trinajstić information content (AvgIpc) is 2.41. The number of likely N-dealkylation sites (tertiary alicyclic amines) is 1. The van der Waals surface area contributed by atoms with Crippen LogP contribution in [0.25, 0.3) is 0 Å². The lowest BCUT2D eigenvalue weighted by atomic mass is 10.0. The number of amides is 2. The van der Waals surface area contributed by atoms with Crippen molar-refractivity contribution in [1.82, 2.24) is 10.2 Å². The molecule has 0 unspecified atom stereocenters. The molecule has 0 saturated carbocycles. The fourth-order valence-electron chi connectivity index (χ4n) is 2.36. The molecular formula is C15H21N3O2. The molecule has 5 nitrogen and oxygen atoms in total. The van der Waals surface area contributed by atoms with Crippen LogP contribution in [0.15, 0.2) is 24.3 Å². The first-order chi connectivity index (χ1) is 9.54. The summed E-state index contributed by atoms with van der Waals surface area (Å²) in [5.41, 5.74) is 1.23. The highest BCUT2D eigenvalue weighted by atomic mass is 16.2. The summed E-state index contributed by atoms with van der Waals surface area (Å²) in [6, 6.07) is 7.24. The van der Waals surface area contributed by atoms with Crippen molar-refractivity contribution in [1.29, 1.82) is 0 Å². The van der Waals surface area contributed by atoms with Gasteiger partial charge < -0.3 is 15.5 Å². The Morgan fingerprint density at radius 3 is 2.60 bits per heavy atom. The molecular weight excluding hydrogens is 254 g/mol. The summed E-state index contributed by atoms with van der Waals surface area (Å²) in [6.45, 7) is 3.47. The van der Waals surface area contributed by atoms with Gasteiger partial charge in [0.2, 0.25) is 5.91 Å². The van der Waals surface area contributed by atoms with Gasteiger partial charge in [-0.2, -0.15) is 0 Å². The minimum atomic E-state index is -0.141. The third-order valence-electron chi connectivity index (χ3n) is 3.50. The van der Waals surface area contributed by atoms with Crippen LogP contribution in [0.5, 0.6) is 0 Å². The van der Waals surface area contributed by atoms with Crippen molar-refractivity contribution in [2.75, 3.05) is 25.5 Å². The Hall–Kier alpha value is -1.88. The Balaban J connectivity index is 1.96. The molecule has 0 atom stereocenters. The second-order valence-corrected chi connectivity index (χ2v) is 5.31. The van der Waals surface area contributed by atoms with Crippen molar-refractivity contribution in [3.05, 3.63) is 29.8 Å². The highest BCUT2D eigenvalue weighted by molar-refractivity contribution is 5.96. The van der Waals surface area contributed by atoms with Crippen molar-refractivity contribution in [3.8, 4) is 0 Å². The van der Waals surface area contributed by atoms with Gasteiger partial charge in [0.1, 0.15) is 0 Å². The number of carbonyl (C=O) groups is 2. The van der Waals surface area contributed by atoms with Crippen LogP contribution >= 0.6 is 0 Å². The molecule has 0 aromatic heterocycles. The maximum absolute atomic E-state index is 12.2. The summed E-state index contributed by atoms with van der Waals surface area (Å²) < 4.78 is 0. The predicted octanol–water partition coefficient (Wildman–Crippen LogP) is 1.47. The van der Waals surface area contributed by atoms with Gasteiger partial charge in [-0.05, 0) is 51.2 Å². The van der Waals surface area contributed by atoms with Crippen LogP contribution in [0.2, 0.25) is 0 Å². The Morgan fingerprint density at radius 2 is 1.95 bits per heavy atom. The smallest absolute Gasteiger partial charge is 0.251 e. The summed E-state index contributed by atoms with van der Waals surface area (Å²) in [6.07, 6.45) is 1.96. The van der Waals surface area contributed by atoms with E-state index in [4.69, 9.17) is 0 Å². The first kappa shape index (κ1) is 14.5. The van der Waals surface area contributed by atoms with Gasteiger partial charge in [-0.15, -0.1) is 0 Å². The lowest BCUT2D eigenvalue weighted by Crippen LogP contribution is -2.43. The van der Waals surface area contributed by atoms with Crippen LogP contribution in [0.4, 0.5) is 5.69 Å². The van der Waals surface area contributed by atoms with Crippen molar-refractivity contribution in [3.63, 3.8) is 0 Å². The first-order valence-corrected chi connectivity index (χ1v) is 6.91. The molecule has 2 amide bonds. The van der Waals surface area contributed by atoms with Gasteiger partial charge in [0.05, 0.1) is 0 Å². The Bertz CT molecular complexity index is 494. The standard InChI is InChI=1S/C15H21N3O2/c1-11(19)16-14-5-3-4-12(10-14)15(20)17-13-6-8-18(2)9-7-13/h3-5,10,13H,6-9H2,1-2H3,(H,16,19)(H,17,20). The van der Waals surface area contributed by atoms with E-state index in [-0.39, 0.29) is 17.9 Å². The highest BCUT2D eigenvalue weighted by Crippen LogP contribution is 2.13. The second kappa shape index (κ2) is 6.52. The molecule has 0 aliphatic carbocycles. The number of piperidine rings is 1. The van der Waals surface area contributed by atoms with E-state index in [0.29, 0.717) is 11.3 Å². The van der Waals surface area contributed by atoms with Crippen molar-refractivity contribution in [2.45, 2.75) is 25.8 Å². The lowest BCUT2D eigenvalue weighted by molar-refractivity contribution is -0.114. The van der Waals surface area contributed by atoms with Crippen LogP contribution < -0.4 is 10.6 Å². The van der Waals surface area contributed by atoms with Crippen LogP contribution in [0.3, 0.4) is 0 Å². The van der Waals surface area contributed by atoms with Gasteiger partial charge in [0, 0.05) is 24.2 Å². The molecule has 0 spiro atoms. The fourth-order valence-corrected chi connectivity index (χ4v) is 2.36. The Labute approximate surface area is 119 Å². The average molecular weight is 275 g/mol. The zero-order valence-electron chi connectivity index (χ0n) is 12.0. The monoisotopic (exact) mass is 275 g/mol.